The summed E-state index contributed by atoms with van der Waals surface area (Å²) < 4.78 is 15.7. The third kappa shape index (κ3) is 4.20. The molecule has 1 N–H and O–H groups in total. The summed E-state index contributed by atoms with van der Waals surface area (Å²) >= 11 is 12.2. The molecule has 30 heavy (non-hydrogen) atoms. The minimum Gasteiger partial charge on any atom is -0.347 e. The van der Waals surface area contributed by atoms with Crippen LogP contribution in [0.4, 0.5) is 4.39 Å². The van der Waals surface area contributed by atoms with E-state index in [1.54, 1.807) is 60.9 Å². The van der Waals surface area contributed by atoms with E-state index in [-0.39, 0.29) is 23.7 Å². The molecule has 0 saturated heterocycles. The van der Waals surface area contributed by atoms with E-state index in [0.717, 1.165) is 5.56 Å². The molecule has 0 bridgehead atoms. The predicted octanol–water partition coefficient (Wildman–Crippen LogP) is 5.31. The number of nitrogens with zero attached hydrogens (tertiary/aromatic N) is 3. The van der Waals surface area contributed by atoms with E-state index >= 15 is 0 Å². The summed E-state index contributed by atoms with van der Waals surface area (Å²) in [7, 11) is 0. The van der Waals surface area contributed by atoms with Gasteiger partial charge in [-0.15, -0.1) is 0 Å². The van der Waals surface area contributed by atoms with Gasteiger partial charge in [-0.1, -0.05) is 41.4 Å². The lowest BCUT2D eigenvalue weighted by molar-refractivity contribution is 0.0943. The second-order valence-corrected chi connectivity index (χ2v) is 7.26. The molecule has 0 aliphatic heterocycles. The lowest BCUT2D eigenvalue weighted by atomic mass is 10.1. The second kappa shape index (κ2) is 8.65. The Bertz CT molecular complexity index is 1210. The molecule has 0 fully saturated rings. The van der Waals surface area contributed by atoms with Crippen molar-refractivity contribution in [1.29, 1.82) is 0 Å². The van der Waals surface area contributed by atoms with Crippen molar-refractivity contribution in [3.63, 3.8) is 0 Å². The number of hydrogen-bond donors (Lipinski definition) is 1. The Hall–Kier alpha value is -3.22. The normalized spacial score (nSPS) is 10.8. The smallest absolute Gasteiger partial charge is 0.270 e. The molecule has 0 radical (unpaired) electrons. The maximum atomic E-state index is 14.3. The first-order valence-electron chi connectivity index (χ1n) is 9.00. The van der Waals surface area contributed by atoms with E-state index in [1.807, 2.05) is 6.07 Å². The lowest BCUT2D eigenvalue weighted by Gasteiger charge is -2.09. The highest BCUT2D eigenvalue weighted by Gasteiger charge is 2.19. The number of rotatable bonds is 5. The molecule has 0 aliphatic carbocycles. The van der Waals surface area contributed by atoms with Crippen LogP contribution in [0, 0.1) is 5.82 Å². The maximum Gasteiger partial charge on any atom is 0.270 e. The average molecular weight is 441 g/mol. The molecule has 0 saturated carbocycles. The Kier molecular flexibility index (Phi) is 5.79. The van der Waals surface area contributed by atoms with Crippen molar-refractivity contribution < 1.29 is 9.18 Å². The van der Waals surface area contributed by atoms with E-state index in [1.165, 1.54) is 10.7 Å². The number of benzene rings is 2. The summed E-state index contributed by atoms with van der Waals surface area (Å²) in [6.07, 6.45) is 3.33. The molecule has 4 rings (SSSR count). The molecule has 5 nitrogen and oxygen atoms in total. The summed E-state index contributed by atoms with van der Waals surface area (Å²) in [5.41, 5.74) is 2.22. The van der Waals surface area contributed by atoms with Gasteiger partial charge in [-0.05, 0) is 48.0 Å². The van der Waals surface area contributed by atoms with Crippen molar-refractivity contribution in [3.05, 3.63) is 100 Å². The zero-order valence-electron chi connectivity index (χ0n) is 15.5. The molecule has 2 aromatic carbocycles. The summed E-state index contributed by atoms with van der Waals surface area (Å²) in [6.45, 7) is 0.286. The highest BCUT2D eigenvalue weighted by molar-refractivity contribution is 6.42. The second-order valence-electron chi connectivity index (χ2n) is 6.45. The van der Waals surface area contributed by atoms with Crippen LogP contribution >= 0.6 is 23.2 Å². The Labute approximate surface area is 182 Å². The third-order valence-corrected chi connectivity index (χ3v) is 5.15. The van der Waals surface area contributed by atoms with E-state index in [4.69, 9.17) is 23.2 Å². The highest BCUT2D eigenvalue weighted by atomic mass is 35.5. The monoisotopic (exact) mass is 440 g/mol. The number of carbonyl (C=O) groups excluding carboxylic acids is 1. The molecule has 0 spiro atoms. The molecule has 8 heteroatoms. The number of hydrogen-bond acceptors (Lipinski definition) is 3. The summed E-state index contributed by atoms with van der Waals surface area (Å²) in [5.74, 6) is -0.807. The molecule has 0 atom stereocenters. The van der Waals surface area contributed by atoms with Gasteiger partial charge in [0.1, 0.15) is 11.5 Å². The van der Waals surface area contributed by atoms with Crippen LogP contribution in [0.2, 0.25) is 10.0 Å². The molecule has 4 aromatic rings. The topological polar surface area (TPSA) is 59.8 Å². The van der Waals surface area contributed by atoms with Crippen molar-refractivity contribution in [3.8, 4) is 16.9 Å². The van der Waals surface area contributed by atoms with Gasteiger partial charge in [-0.25, -0.2) is 9.07 Å². The van der Waals surface area contributed by atoms with Gasteiger partial charge >= 0.3 is 0 Å². The van der Waals surface area contributed by atoms with E-state index in [9.17, 15) is 9.18 Å². The SMILES string of the molecule is O=C(NCc1cccnc1)c1cc(-c2ccccc2F)nn1-c1ccc(Cl)c(Cl)c1. The van der Waals surface area contributed by atoms with Gasteiger partial charge in [0, 0.05) is 24.5 Å². The molecule has 2 heterocycles. The minimum atomic E-state index is -0.432. The average Bonchev–Trinajstić information content (AvgIpc) is 3.20. The fourth-order valence-electron chi connectivity index (χ4n) is 2.93. The standard InChI is InChI=1S/C22H15Cl2FN4O/c23-17-8-7-15(10-18(17)24)29-21(22(30)27-13-14-4-3-9-26-12-14)11-20(28-29)16-5-1-2-6-19(16)25/h1-12H,13H2,(H,27,30). The Morgan fingerprint density at radius 2 is 1.87 bits per heavy atom. The highest BCUT2D eigenvalue weighted by Crippen LogP contribution is 2.28. The number of halogens is 3. The Morgan fingerprint density at radius 1 is 1.03 bits per heavy atom. The van der Waals surface area contributed by atoms with Crippen molar-refractivity contribution >= 4 is 29.1 Å². The van der Waals surface area contributed by atoms with Gasteiger partial charge in [0.25, 0.3) is 5.91 Å². The van der Waals surface area contributed by atoms with Gasteiger partial charge in [-0.3, -0.25) is 9.78 Å². The first-order chi connectivity index (χ1) is 14.5. The third-order valence-electron chi connectivity index (χ3n) is 4.42. The van der Waals surface area contributed by atoms with Gasteiger partial charge in [-0.2, -0.15) is 5.10 Å². The molecular weight excluding hydrogens is 426 g/mol. The maximum absolute atomic E-state index is 14.3. The molecule has 150 valence electrons. The first-order valence-corrected chi connectivity index (χ1v) is 9.76. The number of pyridine rings is 1. The summed E-state index contributed by atoms with van der Waals surface area (Å²) in [6, 6.07) is 16.3. The lowest BCUT2D eigenvalue weighted by Crippen LogP contribution is -2.25. The minimum absolute atomic E-state index is 0.232. The number of nitrogens with one attached hydrogen (secondary N) is 1. The molecule has 0 unspecified atom stereocenters. The number of aromatic nitrogens is 3. The van der Waals surface area contributed by atoms with E-state index in [2.05, 4.69) is 15.4 Å². The van der Waals surface area contributed by atoms with E-state index in [0.29, 0.717) is 21.4 Å². The van der Waals surface area contributed by atoms with Gasteiger partial charge in [0.15, 0.2) is 0 Å². The Balaban J connectivity index is 1.74. The van der Waals surface area contributed by atoms with Crippen LogP contribution in [-0.2, 0) is 6.54 Å². The quantitative estimate of drug-likeness (QED) is 0.457. The largest absolute Gasteiger partial charge is 0.347 e. The van der Waals surface area contributed by atoms with Crippen molar-refractivity contribution in [2.45, 2.75) is 6.54 Å². The summed E-state index contributed by atoms with van der Waals surface area (Å²) in [5, 5.41) is 8.00. The molecule has 0 aliphatic rings. The molecule has 2 aromatic heterocycles. The van der Waals surface area contributed by atoms with Crippen LogP contribution in [0.5, 0.6) is 0 Å². The van der Waals surface area contributed by atoms with Gasteiger partial charge in [0.2, 0.25) is 0 Å². The van der Waals surface area contributed by atoms with Gasteiger partial charge in [0.05, 0.1) is 21.4 Å². The van der Waals surface area contributed by atoms with Crippen LogP contribution in [0.1, 0.15) is 16.1 Å². The van der Waals surface area contributed by atoms with Crippen LogP contribution < -0.4 is 5.32 Å². The zero-order chi connectivity index (χ0) is 21.1. The zero-order valence-corrected chi connectivity index (χ0v) is 17.0. The van der Waals surface area contributed by atoms with Crippen molar-refractivity contribution in [2.75, 3.05) is 0 Å². The first kappa shape index (κ1) is 20.1. The van der Waals surface area contributed by atoms with Crippen molar-refractivity contribution in [2.24, 2.45) is 0 Å². The van der Waals surface area contributed by atoms with Crippen LogP contribution in [0.15, 0.2) is 73.1 Å². The Morgan fingerprint density at radius 3 is 2.60 bits per heavy atom. The number of carbonyl (C=O) groups is 1. The fraction of sp³-hybridized carbons (Fsp3) is 0.0455. The van der Waals surface area contributed by atoms with Crippen LogP contribution in [0.25, 0.3) is 16.9 Å². The van der Waals surface area contributed by atoms with Crippen LogP contribution in [-0.4, -0.2) is 20.7 Å². The fourth-order valence-corrected chi connectivity index (χ4v) is 3.22. The molecular formula is C22H15Cl2FN4O. The number of amides is 1. The molecule has 1 amide bonds. The predicted molar refractivity (Wildman–Crippen MR) is 114 cm³/mol. The van der Waals surface area contributed by atoms with Crippen LogP contribution in [0.3, 0.4) is 0 Å². The summed E-state index contributed by atoms with van der Waals surface area (Å²) in [4.78, 5) is 17.0. The van der Waals surface area contributed by atoms with E-state index < -0.39 is 5.82 Å². The van der Waals surface area contributed by atoms with Gasteiger partial charge < -0.3 is 5.32 Å². The van der Waals surface area contributed by atoms with Crippen molar-refractivity contribution in [1.82, 2.24) is 20.1 Å².